The van der Waals surface area contributed by atoms with Crippen LogP contribution in [0.25, 0.3) is 10.9 Å². The van der Waals surface area contributed by atoms with Gasteiger partial charge in [-0.05, 0) is 31.4 Å². The number of benzene rings is 1. The van der Waals surface area contributed by atoms with Crippen molar-refractivity contribution in [3.8, 4) is 0 Å². The summed E-state index contributed by atoms with van der Waals surface area (Å²) < 4.78 is 5.35. The first-order chi connectivity index (χ1) is 10.3. The van der Waals surface area contributed by atoms with Crippen molar-refractivity contribution in [1.82, 2.24) is 9.88 Å². The van der Waals surface area contributed by atoms with Crippen molar-refractivity contribution in [3.63, 3.8) is 0 Å². The van der Waals surface area contributed by atoms with E-state index in [1.807, 2.05) is 30.2 Å². The lowest BCUT2D eigenvalue weighted by Crippen LogP contribution is -2.37. The van der Waals surface area contributed by atoms with Crippen LogP contribution in [0.3, 0.4) is 0 Å². The molecule has 1 N–H and O–H groups in total. The molecule has 4 nitrogen and oxygen atoms in total. The van der Waals surface area contributed by atoms with Crippen LogP contribution >= 0.6 is 0 Å². The second-order valence-corrected chi connectivity index (χ2v) is 5.60. The highest BCUT2D eigenvalue weighted by molar-refractivity contribution is 5.84. The maximum atomic E-state index is 12.7. The highest BCUT2D eigenvalue weighted by Gasteiger charge is 2.26. The smallest absolute Gasteiger partial charge is 0.226 e. The van der Waals surface area contributed by atoms with E-state index < -0.39 is 0 Å². The van der Waals surface area contributed by atoms with E-state index in [0.717, 1.165) is 24.9 Å². The zero-order valence-corrected chi connectivity index (χ0v) is 12.5. The van der Waals surface area contributed by atoms with E-state index in [9.17, 15) is 4.79 Å². The number of amides is 1. The molecule has 1 aliphatic rings. The predicted octanol–water partition coefficient (Wildman–Crippen LogP) is 2.94. The molecule has 21 heavy (non-hydrogen) atoms. The fraction of sp³-hybridized carbons (Fsp3) is 0.471. The first-order valence-corrected chi connectivity index (χ1v) is 7.71. The largest absolute Gasteiger partial charge is 0.381 e. The van der Waals surface area contributed by atoms with Gasteiger partial charge in [0.15, 0.2) is 0 Å². The third-order valence-electron chi connectivity index (χ3n) is 4.30. The summed E-state index contributed by atoms with van der Waals surface area (Å²) in [6.45, 7) is 4.89. The van der Waals surface area contributed by atoms with Crippen molar-refractivity contribution < 1.29 is 9.53 Å². The molecule has 112 valence electrons. The zero-order chi connectivity index (χ0) is 14.7. The molecule has 1 aliphatic heterocycles. The van der Waals surface area contributed by atoms with Gasteiger partial charge in [0.1, 0.15) is 0 Å². The summed E-state index contributed by atoms with van der Waals surface area (Å²) in [5.41, 5.74) is 2.31. The van der Waals surface area contributed by atoms with Crippen LogP contribution in [0.2, 0.25) is 0 Å². The number of para-hydroxylation sites is 1. The van der Waals surface area contributed by atoms with Gasteiger partial charge in [-0.15, -0.1) is 0 Å². The summed E-state index contributed by atoms with van der Waals surface area (Å²) >= 11 is 0. The summed E-state index contributed by atoms with van der Waals surface area (Å²) in [4.78, 5) is 17.9. The molecule has 0 saturated carbocycles. The van der Waals surface area contributed by atoms with E-state index in [1.165, 1.54) is 10.9 Å². The monoisotopic (exact) mass is 286 g/mol. The number of hydrogen-bond donors (Lipinski definition) is 1. The second kappa shape index (κ2) is 6.31. The molecule has 0 radical (unpaired) electrons. The minimum Gasteiger partial charge on any atom is -0.381 e. The Morgan fingerprint density at radius 1 is 1.33 bits per heavy atom. The van der Waals surface area contributed by atoms with Gasteiger partial charge in [0.25, 0.3) is 0 Å². The van der Waals surface area contributed by atoms with E-state index in [1.54, 1.807) is 0 Å². The van der Waals surface area contributed by atoms with Gasteiger partial charge >= 0.3 is 0 Å². The third-order valence-corrected chi connectivity index (χ3v) is 4.30. The Balaban J connectivity index is 1.76. The van der Waals surface area contributed by atoms with E-state index in [-0.39, 0.29) is 11.8 Å². The summed E-state index contributed by atoms with van der Waals surface area (Å²) in [6, 6.07) is 8.23. The Bertz CT molecular complexity index is 614. The first-order valence-electron chi connectivity index (χ1n) is 7.71. The number of rotatable bonds is 4. The Labute approximate surface area is 125 Å². The van der Waals surface area contributed by atoms with Crippen LogP contribution in [0, 0.1) is 5.92 Å². The Kier molecular flexibility index (Phi) is 4.25. The average Bonchev–Trinajstić information content (AvgIpc) is 2.96. The molecule has 4 heteroatoms. The maximum absolute atomic E-state index is 12.7. The van der Waals surface area contributed by atoms with Gasteiger partial charge in [-0.3, -0.25) is 4.79 Å². The lowest BCUT2D eigenvalue weighted by atomic mass is 9.98. The van der Waals surface area contributed by atoms with Crippen molar-refractivity contribution in [3.05, 3.63) is 36.0 Å². The first kappa shape index (κ1) is 14.1. The second-order valence-electron chi connectivity index (χ2n) is 5.60. The van der Waals surface area contributed by atoms with Gasteiger partial charge in [-0.25, -0.2) is 0 Å². The Hall–Kier alpha value is -1.81. The molecule has 1 aromatic heterocycles. The van der Waals surface area contributed by atoms with Crippen LogP contribution in [-0.4, -0.2) is 35.5 Å². The zero-order valence-electron chi connectivity index (χ0n) is 12.5. The molecule has 0 atom stereocenters. The quantitative estimate of drug-likeness (QED) is 0.939. The lowest BCUT2D eigenvalue weighted by Gasteiger charge is -2.28. The summed E-state index contributed by atoms with van der Waals surface area (Å²) in [6.07, 6.45) is 3.72. The van der Waals surface area contributed by atoms with Gasteiger partial charge in [-0.1, -0.05) is 18.2 Å². The van der Waals surface area contributed by atoms with E-state index >= 15 is 0 Å². The molecule has 2 heterocycles. The van der Waals surface area contributed by atoms with Crippen molar-refractivity contribution in [2.45, 2.75) is 26.3 Å². The molecule has 0 unspecified atom stereocenters. The van der Waals surface area contributed by atoms with Crippen LogP contribution in [-0.2, 0) is 16.1 Å². The maximum Gasteiger partial charge on any atom is 0.226 e. The average molecular weight is 286 g/mol. The molecule has 1 aromatic carbocycles. The molecule has 1 saturated heterocycles. The predicted molar refractivity (Wildman–Crippen MR) is 82.9 cm³/mol. The molecule has 0 bridgehead atoms. The van der Waals surface area contributed by atoms with Crippen molar-refractivity contribution in [2.24, 2.45) is 5.92 Å². The molecular weight excluding hydrogens is 264 g/mol. The number of aromatic amines is 1. The lowest BCUT2D eigenvalue weighted by molar-refractivity contribution is -0.138. The molecule has 3 rings (SSSR count). The third kappa shape index (κ3) is 2.95. The normalized spacial score (nSPS) is 16.2. The number of aromatic nitrogens is 1. The number of hydrogen-bond acceptors (Lipinski definition) is 2. The number of H-pyrrole nitrogens is 1. The van der Waals surface area contributed by atoms with Crippen LogP contribution in [0.15, 0.2) is 30.5 Å². The number of nitrogens with zero attached hydrogens (tertiary/aromatic N) is 1. The molecule has 2 aromatic rings. The summed E-state index contributed by atoms with van der Waals surface area (Å²) in [5, 5.41) is 1.20. The van der Waals surface area contributed by atoms with Gasteiger partial charge in [0, 0.05) is 49.3 Å². The highest BCUT2D eigenvalue weighted by atomic mass is 16.5. The van der Waals surface area contributed by atoms with Crippen LogP contribution < -0.4 is 0 Å². The number of carbonyl (C=O) groups excluding carboxylic acids is 1. The van der Waals surface area contributed by atoms with E-state index in [0.29, 0.717) is 19.8 Å². The minimum atomic E-state index is 0.129. The fourth-order valence-electron chi connectivity index (χ4n) is 3.02. The standard InChI is InChI=1S/C17H22N2O2/c1-2-19(17(20)13-7-9-21-10-8-13)12-14-11-18-16-6-4-3-5-15(14)16/h3-6,11,13,18H,2,7-10,12H2,1H3. The molecular formula is C17H22N2O2. The number of carbonyl (C=O) groups is 1. The van der Waals surface area contributed by atoms with E-state index in [2.05, 4.69) is 17.1 Å². The van der Waals surface area contributed by atoms with Crippen LogP contribution in [0.5, 0.6) is 0 Å². The topological polar surface area (TPSA) is 45.3 Å². The van der Waals surface area contributed by atoms with Gasteiger partial charge in [0.2, 0.25) is 5.91 Å². The minimum absolute atomic E-state index is 0.129. The molecule has 0 spiro atoms. The van der Waals surface area contributed by atoms with Gasteiger partial charge in [-0.2, -0.15) is 0 Å². The van der Waals surface area contributed by atoms with Crippen molar-refractivity contribution >= 4 is 16.8 Å². The molecule has 0 aliphatic carbocycles. The summed E-state index contributed by atoms with van der Waals surface area (Å²) in [7, 11) is 0. The van der Waals surface area contributed by atoms with Crippen LogP contribution in [0.4, 0.5) is 0 Å². The fourth-order valence-corrected chi connectivity index (χ4v) is 3.02. The molecule has 1 amide bonds. The Morgan fingerprint density at radius 3 is 2.86 bits per heavy atom. The van der Waals surface area contributed by atoms with Crippen molar-refractivity contribution in [1.29, 1.82) is 0 Å². The van der Waals surface area contributed by atoms with Gasteiger partial charge in [0.05, 0.1) is 0 Å². The van der Waals surface area contributed by atoms with Crippen LogP contribution in [0.1, 0.15) is 25.3 Å². The number of nitrogens with one attached hydrogen (secondary N) is 1. The van der Waals surface area contributed by atoms with Gasteiger partial charge < -0.3 is 14.6 Å². The number of fused-ring (bicyclic) bond motifs is 1. The highest BCUT2D eigenvalue weighted by Crippen LogP contribution is 2.22. The SMILES string of the molecule is CCN(Cc1c[nH]c2ccccc12)C(=O)C1CCOCC1. The molecule has 1 fully saturated rings. The summed E-state index contributed by atoms with van der Waals surface area (Å²) in [5.74, 6) is 0.398. The number of ether oxygens (including phenoxy) is 1. The van der Waals surface area contributed by atoms with Crippen molar-refractivity contribution in [2.75, 3.05) is 19.8 Å². The van der Waals surface area contributed by atoms with E-state index in [4.69, 9.17) is 4.74 Å². The Morgan fingerprint density at radius 2 is 2.10 bits per heavy atom.